The quantitative estimate of drug-likeness (QED) is 0.574. The van der Waals surface area contributed by atoms with Crippen LogP contribution in [0.15, 0.2) is 42.7 Å². The molecule has 2 saturated heterocycles. The van der Waals surface area contributed by atoms with Gasteiger partial charge in [0.05, 0.1) is 6.61 Å². The summed E-state index contributed by atoms with van der Waals surface area (Å²) < 4.78 is 12.9. The van der Waals surface area contributed by atoms with E-state index in [1.165, 1.54) is 5.56 Å². The maximum atomic E-state index is 13.1. The molecule has 0 aliphatic carbocycles. The van der Waals surface area contributed by atoms with Gasteiger partial charge in [0, 0.05) is 44.2 Å². The highest BCUT2D eigenvalue weighted by Gasteiger charge is 2.36. The molecule has 2 aromatic heterocycles. The normalized spacial score (nSPS) is 18.7. The van der Waals surface area contributed by atoms with E-state index in [1.54, 1.807) is 10.8 Å². The monoisotopic (exact) mass is 464 g/mol. The van der Waals surface area contributed by atoms with E-state index in [4.69, 9.17) is 9.47 Å². The Labute approximate surface area is 199 Å². The number of nitrogens with one attached hydrogen (secondary N) is 1. The fraction of sp³-hybridized carbons (Fsp3) is 0.520. The van der Waals surface area contributed by atoms with Gasteiger partial charge in [-0.1, -0.05) is 12.1 Å². The van der Waals surface area contributed by atoms with Crippen molar-refractivity contribution in [3.63, 3.8) is 0 Å². The van der Waals surface area contributed by atoms with Crippen molar-refractivity contribution in [2.24, 2.45) is 5.92 Å². The molecule has 0 unspecified atom stereocenters. The second-order valence-electron chi connectivity index (χ2n) is 9.15. The van der Waals surface area contributed by atoms with Crippen molar-refractivity contribution in [1.82, 2.24) is 25.1 Å². The van der Waals surface area contributed by atoms with Gasteiger partial charge in [-0.05, 0) is 62.4 Å². The number of benzene rings is 1. The lowest BCUT2D eigenvalue weighted by Crippen LogP contribution is -2.47. The van der Waals surface area contributed by atoms with Crippen molar-refractivity contribution < 1.29 is 14.3 Å². The van der Waals surface area contributed by atoms with Gasteiger partial charge in [0.25, 0.3) is 0 Å². The molecule has 2 aliphatic heterocycles. The molecule has 2 fully saturated rings. The first-order valence-electron chi connectivity index (χ1n) is 12.2. The standard InChI is InChI=1S/C25H32N6O3/c1-2-34-21-5-3-20(4-6-21)25(11-15-33-16-12-25)17-26-24(32)19-9-13-30(14-10-19)23-8-7-22-28-27-18-31(22)29-23/h3-8,18-19H,2,9-17H2,1H3,(H,26,32). The Balaban J connectivity index is 1.19. The highest BCUT2D eigenvalue weighted by Crippen LogP contribution is 2.35. The van der Waals surface area contributed by atoms with Crippen LogP contribution in [0.25, 0.3) is 5.65 Å². The summed E-state index contributed by atoms with van der Waals surface area (Å²) in [5, 5.41) is 15.8. The first-order valence-corrected chi connectivity index (χ1v) is 12.2. The predicted molar refractivity (Wildman–Crippen MR) is 128 cm³/mol. The molecule has 4 heterocycles. The van der Waals surface area contributed by atoms with Crippen molar-refractivity contribution in [2.45, 2.75) is 38.0 Å². The van der Waals surface area contributed by atoms with Gasteiger partial charge in [0.15, 0.2) is 5.65 Å². The van der Waals surface area contributed by atoms with Gasteiger partial charge >= 0.3 is 0 Å². The smallest absolute Gasteiger partial charge is 0.223 e. The molecule has 0 radical (unpaired) electrons. The SMILES string of the molecule is CCOc1ccc(C2(CNC(=O)C3CCN(c4ccc5nncn5n4)CC3)CCOCC2)cc1. The first-order chi connectivity index (χ1) is 16.7. The number of carbonyl (C=O) groups is 1. The Kier molecular flexibility index (Phi) is 6.62. The fourth-order valence-corrected chi connectivity index (χ4v) is 5.06. The summed E-state index contributed by atoms with van der Waals surface area (Å²) in [5.41, 5.74) is 1.87. The second-order valence-corrected chi connectivity index (χ2v) is 9.15. The predicted octanol–water partition coefficient (Wildman–Crippen LogP) is 2.60. The third-order valence-electron chi connectivity index (χ3n) is 7.17. The summed E-state index contributed by atoms with van der Waals surface area (Å²) >= 11 is 0. The summed E-state index contributed by atoms with van der Waals surface area (Å²) in [6, 6.07) is 12.2. The average Bonchev–Trinajstić information content (AvgIpc) is 3.37. The van der Waals surface area contributed by atoms with Crippen LogP contribution in [0.5, 0.6) is 5.75 Å². The third kappa shape index (κ3) is 4.70. The van der Waals surface area contributed by atoms with Gasteiger partial charge in [-0.2, -0.15) is 4.52 Å². The van der Waals surface area contributed by atoms with E-state index >= 15 is 0 Å². The minimum Gasteiger partial charge on any atom is -0.494 e. The molecular weight excluding hydrogens is 432 g/mol. The minimum absolute atomic E-state index is 0.0205. The molecule has 0 spiro atoms. The number of hydrogen-bond acceptors (Lipinski definition) is 7. The lowest BCUT2D eigenvalue weighted by Gasteiger charge is -2.39. The minimum atomic E-state index is -0.0997. The van der Waals surface area contributed by atoms with Crippen LogP contribution in [0.2, 0.25) is 0 Å². The van der Waals surface area contributed by atoms with Crippen LogP contribution in [0.1, 0.15) is 38.2 Å². The van der Waals surface area contributed by atoms with Crippen LogP contribution < -0.4 is 15.0 Å². The van der Waals surface area contributed by atoms with Crippen LogP contribution in [0.3, 0.4) is 0 Å². The van der Waals surface area contributed by atoms with E-state index in [0.29, 0.717) is 26.4 Å². The maximum Gasteiger partial charge on any atom is 0.223 e. The van der Waals surface area contributed by atoms with Crippen LogP contribution in [-0.2, 0) is 14.9 Å². The zero-order chi connectivity index (χ0) is 23.4. The summed E-state index contributed by atoms with van der Waals surface area (Å²) in [6.07, 6.45) is 5.03. The van der Waals surface area contributed by atoms with E-state index in [2.05, 4.69) is 37.6 Å². The Morgan fingerprint density at radius 1 is 1.15 bits per heavy atom. The van der Waals surface area contributed by atoms with Gasteiger partial charge in [-0.25, -0.2) is 0 Å². The fourth-order valence-electron chi connectivity index (χ4n) is 5.06. The molecule has 1 N–H and O–H groups in total. The van der Waals surface area contributed by atoms with Crippen LogP contribution in [0, 0.1) is 5.92 Å². The summed E-state index contributed by atoms with van der Waals surface area (Å²) in [7, 11) is 0. The largest absolute Gasteiger partial charge is 0.494 e. The molecule has 1 aromatic carbocycles. The van der Waals surface area contributed by atoms with E-state index in [0.717, 1.165) is 56.0 Å². The van der Waals surface area contributed by atoms with E-state index in [9.17, 15) is 4.79 Å². The van der Waals surface area contributed by atoms with Crippen molar-refractivity contribution >= 4 is 17.4 Å². The van der Waals surface area contributed by atoms with E-state index in [-0.39, 0.29) is 17.2 Å². The van der Waals surface area contributed by atoms with Gasteiger partial charge in [-0.15, -0.1) is 15.3 Å². The molecule has 5 rings (SSSR count). The lowest BCUT2D eigenvalue weighted by atomic mass is 9.74. The Hall–Kier alpha value is -3.20. The number of nitrogens with zero attached hydrogens (tertiary/aromatic N) is 5. The van der Waals surface area contributed by atoms with E-state index in [1.807, 2.05) is 31.2 Å². The summed E-state index contributed by atoms with van der Waals surface area (Å²) in [4.78, 5) is 15.3. The van der Waals surface area contributed by atoms with Gasteiger partial charge in [-0.3, -0.25) is 4.79 Å². The van der Waals surface area contributed by atoms with Crippen LogP contribution in [-0.4, -0.2) is 65.2 Å². The summed E-state index contributed by atoms with van der Waals surface area (Å²) in [6.45, 7) is 6.30. The highest BCUT2D eigenvalue weighted by molar-refractivity contribution is 5.79. The zero-order valence-corrected chi connectivity index (χ0v) is 19.7. The number of amides is 1. The number of fused-ring (bicyclic) bond motifs is 1. The first kappa shape index (κ1) is 22.6. The Bertz CT molecular complexity index is 1100. The van der Waals surface area contributed by atoms with Crippen molar-refractivity contribution in [3.8, 4) is 5.75 Å². The zero-order valence-electron chi connectivity index (χ0n) is 19.7. The molecule has 180 valence electrons. The number of ether oxygens (including phenoxy) is 2. The van der Waals surface area contributed by atoms with Crippen LogP contribution >= 0.6 is 0 Å². The van der Waals surface area contributed by atoms with Crippen molar-refractivity contribution in [1.29, 1.82) is 0 Å². The molecule has 0 saturated carbocycles. The molecule has 34 heavy (non-hydrogen) atoms. The van der Waals surface area contributed by atoms with Crippen LogP contribution in [0.4, 0.5) is 5.82 Å². The van der Waals surface area contributed by atoms with Gasteiger partial charge < -0.3 is 19.7 Å². The molecular formula is C25H32N6O3. The number of rotatable bonds is 7. The van der Waals surface area contributed by atoms with Crippen molar-refractivity contribution in [3.05, 3.63) is 48.3 Å². The number of piperidine rings is 1. The number of carbonyl (C=O) groups excluding carboxylic acids is 1. The molecule has 1 amide bonds. The molecule has 3 aromatic rings. The molecule has 0 atom stereocenters. The maximum absolute atomic E-state index is 13.1. The number of anilines is 1. The highest BCUT2D eigenvalue weighted by atomic mass is 16.5. The lowest BCUT2D eigenvalue weighted by molar-refractivity contribution is -0.126. The Morgan fingerprint density at radius 2 is 1.91 bits per heavy atom. The second kappa shape index (κ2) is 9.97. The van der Waals surface area contributed by atoms with Gasteiger partial charge in [0.2, 0.25) is 5.91 Å². The Morgan fingerprint density at radius 3 is 2.65 bits per heavy atom. The topological polar surface area (TPSA) is 93.9 Å². The molecule has 9 nitrogen and oxygen atoms in total. The average molecular weight is 465 g/mol. The third-order valence-corrected chi connectivity index (χ3v) is 7.17. The number of hydrogen-bond donors (Lipinski definition) is 1. The number of aromatic nitrogens is 4. The van der Waals surface area contributed by atoms with Gasteiger partial charge in [0.1, 0.15) is 17.9 Å². The van der Waals surface area contributed by atoms with Crippen molar-refractivity contribution in [2.75, 3.05) is 44.4 Å². The van der Waals surface area contributed by atoms with E-state index < -0.39 is 0 Å². The molecule has 9 heteroatoms. The molecule has 0 bridgehead atoms. The molecule has 2 aliphatic rings. The summed E-state index contributed by atoms with van der Waals surface area (Å²) in [5.74, 6) is 1.94.